The predicted octanol–water partition coefficient (Wildman–Crippen LogP) is 4.77. The van der Waals surface area contributed by atoms with Gasteiger partial charge in [-0.3, -0.25) is 19.1 Å². The van der Waals surface area contributed by atoms with Crippen molar-refractivity contribution < 1.29 is 28.8 Å². The zero-order valence-corrected chi connectivity index (χ0v) is 26.8. The van der Waals surface area contributed by atoms with Crippen molar-refractivity contribution in [1.82, 2.24) is 9.55 Å². The number of hydrogen-bond acceptors (Lipinski definition) is 8. The van der Waals surface area contributed by atoms with Crippen LogP contribution in [-0.2, 0) is 15.1 Å². The summed E-state index contributed by atoms with van der Waals surface area (Å²) in [5, 5.41) is 12.3. The number of Topliss-reactive ketones (excluding diaryl/α,β-unsaturated/α-hetero) is 1. The van der Waals surface area contributed by atoms with E-state index in [1.165, 1.54) is 10.8 Å². The van der Waals surface area contributed by atoms with E-state index in [9.17, 15) is 19.5 Å². The van der Waals surface area contributed by atoms with Gasteiger partial charge in [0, 0.05) is 23.7 Å². The van der Waals surface area contributed by atoms with E-state index in [-0.39, 0.29) is 24.2 Å². The third-order valence-electron chi connectivity index (χ3n) is 8.85. The van der Waals surface area contributed by atoms with E-state index in [1.807, 2.05) is 78.9 Å². The highest BCUT2D eigenvalue weighted by molar-refractivity contribution is 6.03. The molecule has 0 spiro atoms. The second-order valence-corrected chi connectivity index (χ2v) is 11.7. The van der Waals surface area contributed by atoms with Gasteiger partial charge in [0.25, 0.3) is 5.56 Å². The van der Waals surface area contributed by atoms with Gasteiger partial charge >= 0.3 is 5.69 Å². The number of benzene rings is 4. The molecule has 246 valence electrons. The second kappa shape index (κ2) is 13.4. The number of rotatable bonds is 11. The van der Waals surface area contributed by atoms with Crippen LogP contribution in [0.5, 0.6) is 11.5 Å². The standard InChI is InChI=1S/C38H36N2O8/c1-25-23-40(36(43)39-35(25)42)33-22-37(44,34(41)26-10-6-4-7-11-26)32(48-33)24-47-38(27-12-8-5-9-13-27,28-14-18-30(45-2)19-15-28)29-16-20-31(46-3)21-17-29/h4-21,23,32-33,44H,22,24H2,1-3H3,(H,39,42,43)/t32-,33-,37-/m1/s1. The minimum absolute atomic E-state index is 0.260. The van der Waals surface area contributed by atoms with Gasteiger partial charge in [-0.2, -0.15) is 0 Å². The quantitative estimate of drug-likeness (QED) is 0.155. The molecule has 10 heteroatoms. The number of methoxy groups -OCH3 is 2. The Labute approximate surface area is 277 Å². The molecule has 0 bridgehead atoms. The molecule has 2 heterocycles. The molecule has 48 heavy (non-hydrogen) atoms. The van der Waals surface area contributed by atoms with Crippen LogP contribution in [0, 0.1) is 6.92 Å². The SMILES string of the molecule is COc1ccc(C(OC[C@H]2O[C@@H](n3cc(C)c(=O)[nH]c3=O)C[C@]2(O)C(=O)c2ccccc2)(c2ccccc2)c2ccc(OC)cc2)cc1. The molecule has 1 saturated heterocycles. The lowest BCUT2D eigenvalue weighted by atomic mass is 9.79. The van der Waals surface area contributed by atoms with E-state index in [0.29, 0.717) is 11.5 Å². The first-order valence-corrected chi connectivity index (χ1v) is 15.5. The van der Waals surface area contributed by atoms with Crippen molar-refractivity contribution in [3.8, 4) is 11.5 Å². The highest BCUT2D eigenvalue weighted by Gasteiger charge is 2.55. The third kappa shape index (κ3) is 5.97. The molecular weight excluding hydrogens is 612 g/mol. The maximum atomic E-state index is 14.1. The molecule has 0 amide bonds. The number of nitrogens with zero attached hydrogens (tertiary/aromatic N) is 1. The van der Waals surface area contributed by atoms with E-state index in [4.69, 9.17) is 18.9 Å². The maximum absolute atomic E-state index is 14.1. The van der Waals surface area contributed by atoms with Crippen LogP contribution >= 0.6 is 0 Å². The molecule has 5 aromatic rings. The van der Waals surface area contributed by atoms with E-state index >= 15 is 0 Å². The van der Waals surface area contributed by atoms with Crippen molar-refractivity contribution in [2.24, 2.45) is 0 Å². The van der Waals surface area contributed by atoms with Gasteiger partial charge in [0.1, 0.15) is 29.4 Å². The first-order valence-electron chi connectivity index (χ1n) is 15.5. The van der Waals surface area contributed by atoms with Gasteiger partial charge in [0.15, 0.2) is 11.4 Å². The van der Waals surface area contributed by atoms with Crippen molar-refractivity contribution in [2.75, 3.05) is 20.8 Å². The van der Waals surface area contributed by atoms with Crippen LogP contribution in [0.25, 0.3) is 0 Å². The number of ketones is 1. The largest absolute Gasteiger partial charge is 0.497 e. The number of nitrogens with one attached hydrogen (secondary N) is 1. The van der Waals surface area contributed by atoms with Crippen LogP contribution in [0.15, 0.2) is 125 Å². The summed E-state index contributed by atoms with van der Waals surface area (Å²) in [6.45, 7) is 1.29. The van der Waals surface area contributed by atoms with Gasteiger partial charge in [-0.25, -0.2) is 4.79 Å². The van der Waals surface area contributed by atoms with Crippen molar-refractivity contribution in [3.05, 3.63) is 164 Å². The Morgan fingerprint density at radius 3 is 1.92 bits per heavy atom. The zero-order valence-electron chi connectivity index (χ0n) is 26.8. The summed E-state index contributed by atoms with van der Waals surface area (Å²) >= 11 is 0. The molecular formula is C38H36N2O8. The van der Waals surface area contributed by atoms with E-state index < -0.39 is 40.6 Å². The molecule has 0 radical (unpaired) electrons. The minimum atomic E-state index is -2.10. The summed E-state index contributed by atoms with van der Waals surface area (Å²) < 4.78 is 25.4. The van der Waals surface area contributed by atoms with E-state index in [2.05, 4.69) is 4.98 Å². The number of carbonyl (C=O) groups excluding carboxylic acids is 1. The van der Waals surface area contributed by atoms with E-state index in [1.54, 1.807) is 51.5 Å². The molecule has 6 rings (SSSR count). The Hall–Kier alpha value is -5.29. The Kier molecular flexibility index (Phi) is 9.14. The smallest absolute Gasteiger partial charge is 0.330 e. The normalized spacial score (nSPS) is 19.2. The molecule has 1 fully saturated rings. The highest BCUT2D eigenvalue weighted by Crippen LogP contribution is 2.44. The maximum Gasteiger partial charge on any atom is 0.330 e. The number of H-pyrrole nitrogens is 1. The average Bonchev–Trinajstić information content (AvgIpc) is 3.47. The molecule has 4 aromatic carbocycles. The first kappa shape index (κ1) is 32.6. The van der Waals surface area contributed by atoms with Crippen molar-refractivity contribution >= 4 is 5.78 Å². The van der Waals surface area contributed by atoms with Crippen LogP contribution in [-0.4, -0.2) is 53.0 Å². The minimum Gasteiger partial charge on any atom is -0.497 e. The molecule has 2 N–H and O–H groups in total. The number of aliphatic hydroxyl groups is 1. The number of hydrogen-bond donors (Lipinski definition) is 2. The summed E-state index contributed by atoms with van der Waals surface area (Å²) in [4.78, 5) is 41.4. The van der Waals surface area contributed by atoms with E-state index in [0.717, 1.165) is 16.7 Å². The lowest BCUT2D eigenvalue weighted by Crippen LogP contribution is -2.49. The number of carbonyl (C=O) groups is 1. The summed E-state index contributed by atoms with van der Waals surface area (Å²) in [7, 11) is 3.18. The fourth-order valence-electron chi connectivity index (χ4n) is 6.24. The van der Waals surface area contributed by atoms with Crippen LogP contribution in [0.2, 0.25) is 0 Å². The summed E-state index contributed by atoms with van der Waals surface area (Å²) in [6, 6.07) is 33.0. The van der Waals surface area contributed by atoms with Crippen molar-refractivity contribution in [3.63, 3.8) is 0 Å². The van der Waals surface area contributed by atoms with Crippen molar-refractivity contribution in [1.29, 1.82) is 0 Å². The van der Waals surface area contributed by atoms with Crippen LogP contribution in [0.1, 0.15) is 45.3 Å². The Morgan fingerprint density at radius 1 is 0.854 bits per heavy atom. The fraction of sp³-hybridized carbons (Fsp3) is 0.237. The molecule has 3 atom stereocenters. The van der Waals surface area contributed by atoms with Gasteiger partial charge in [-0.05, 0) is 47.9 Å². The number of aromatic amines is 1. The predicted molar refractivity (Wildman–Crippen MR) is 179 cm³/mol. The number of aryl methyl sites for hydroxylation is 1. The fourth-order valence-corrected chi connectivity index (χ4v) is 6.24. The Balaban J connectivity index is 1.48. The molecule has 0 saturated carbocycles. The van der Waals surface area contributed by atoms with Gasteiger partial charge < -0.3 is 24.1 Å². The summed E-state index contributed by atoms with van der Waals surface area (Å²) in [5.74, 6) is 0.733. The molecule has 0 aliphatic carbocycles. The summed E-state index contributed by atoms with van der Waals surface area (Å²) in [5.41, 5.74) is -1.78. The van der Waals surface area contributed by atoms with Crippen LogP contribution in [0.4, 0.5) is 0 Å². The molecule has 0 unspecified atom stereocenters. The zero-order chi connectivity index (χ0) is 33.9. The Morgan fingerprint density at radius 2 is 1.38 bits per heavy atom. The highest BCUT2D eigenvalue weighted by atomic mass is 16.6. The molecule has 1 aliphatic heterocycles. The van der Waals surface area contributed by atoms with Crippen LogP contribution < -0.4 is 20.7 Å². The summed E-state index contributed by atoms with van der Waals surface area (Å²) in [6.07, 6.45) is -1.20. The topological polar surface area (TPSA) is 129 Å². The van der Waals surface area contributed by atoms with Crippen molar-refractivity contribution in [2.45, 2.75) is 36.9 Å². The molecule has 1 aromatic heterocycles. The van der Waals surface area contributed by atoms with Gasteiger partial charge in [0.2, 0.25) is 0 Å². The lowest BCUT2D eigenvalue weighted by Gasteiger charge is -2.38. The molecule has 10 nitrogen and oxygen atoms in total. The monoisotopic (exact) mass is 648 g/mol. The number of aromatic nitrogens is 2. The van der Waals surface area contributed by atoms with Crippen LogP contribution in [0.3, 0.4) is 0 Å². The van der Waals surface area contributed by atoms with Gasteiger partial charge in [-0.15, -0.1) is 0 Å². The first-order chi connectivity index (χ1) is 23.2. The molecule has 1 aliphatic rings. The number of ether oxygens (including phenoxy) is 4. The Bertz CT molecular complexity index is 1940. The van der Waals surface area contributed by atoms with Gasteiger partial charge in [0.05, 0.1) is 20.8 Å². The van der Waals surface area contributed by atoms with Gasteiger partial charge in [-0.1, -0.05) is 84.9 Å². The average molecular weight is 649 g/mol. The second-order valence-electron chi connectivity index (χ2n) is 11.7. The third-order valence-corrected chi connectivity index (χ3v) is 8.85. The lowest BCUT2D eigenvalue weighted by molar-refractivity contribution is -0.110.